The first-order valence-electron chi connectivity index (χ1n) is 6.23. The van der Waals surface area contributed by atoms with E-state index in [4.69, 9.17) is 22.1 Å². The largest absolute Gasteiger partial charge is 0.496 e. The lowest BCUT2D eigenvalue weighted by Crippen LogP contribution is -2.16. The maximum absolute atomic E-state index is 12.4. The van der Waals surface area contributed by atoms with Gasteiger partial charge in [0.15, 0.2) is 11.5 Å². The number of amidine groups is 1. The van der Waals surface area contributed by atoms with Crippen molar-refractivity contribution >= 4 is 23.4 Å². The molecule has 0 radical (unpaired) electrons. The molecule has 1 aromatic carbocycles. The van der Waals surface area contributed by atoms with Crippen molar-refractivity contribution in [2.45, 2.75) is 6.18 Å². The Bertz CT molecular complexity index is 789. The maximum Gasteiger partial charge on any atom is 0.432 e. The minimum absolute atomic E-state index is 0.246. The molecule has 0 aliphatic rings. The highest BCUT2D eigenvalue weighted by molar-refractivity contribution is 6.31. The Kier molecular flexibility index (Phi) is 4.98. The first-order chi connectivity index (χ1) is 11.2. The average molecular weight is 363 g/mol. The van der Waals surface area contributed by atoms with Crippen LogP contribution in [0.25, 0.3) is 0 Å². The molecule has 1 heterocycles. The molecule has 0 fully saturated rings. The standard InChI is InChI=1S/C13H10ClF3N4O3/c1-23-9-3-2-6(14)4-7(9)11(18)21-24-12(22)8-5-10(20-19-8)13(15,16)17/h2-5H,1H3,(H2,18,21)(H,19,20). The van der Waals surface area contributed by atoms with Gasteiger partial charge >= 0.3 is 12.1 Å². The van der Waals surface area contributed by atoms with E-state index in [9.17, 15) is 18.0 Å². The van der Waals surface area contributed by atoms with Crippen LogP contribution >= 0.6 is 11.6 Å². The van der Waals surface area contributed by atoms with Crippen LogP contribution in [0.1, 0.15) is 21.7 Å². The number of H-pyrrole nitrogens is 1. The first kappa shape index (κ1) is 17.6. The zero-order chi connectivity index (χ0) is 17.9. The summed E-state index contributed by atoms with van der Waals surface area (Å²) in [5, 5.41) is 8.58. The third-order valence-corrected chi connectivity index (χ3v) is 2.99. The van der Waals surface area contributed by atoms with E-state index in [0.717, 1.165) is 0 Å². The summed E-state index contributed by atoms with van der Waals surface area (Å²) in [6.07, 6.45) is -4.66. The quantitative estimate of drug-likeness (QED) is 0.376. The van der Waals surface area contributed by atoms with Crippen molar-refractivity contribution in [2.24, 2.45) is 10.9 Å². The summed E-state index contributed by atoms with van der Waals surface area (Å²) in [7, 11) is 1.38. The summed E-state index contributed by atoms with van der Waals surface area (Å²) in [5.41, 5.74) is 4.12. The minimum atomic E-state index is -4.66. The van der Waals surface area contributed by atoms with Crippen molar-refractivity contribution in [2.75, 3.05) is 7.11 Å². The molecule has 0 spiro atoms. The van der Waals surface area contributed by atoms with Gasteiger partial charge in [0.1, 0.15) is 11.4 Å². The van der Waals surface area contributed by atoms with Gasteiger partial charge in [-0.1, -0.05) is 16.8 Å². The van der Waals surface area contributed by atoms with Crippen LogP contribution in [0.3, 0.4) is 0 Å². The Hall–Kier alpha value is -2.75. The number of aromatic nitrogens is 2. The molecule has 0 unspecified atom stereocenters. The molecule has 2 aromatic rings. The number of oxime groups is 1. The molecule has 0 bridgehead atoms. The predicted octanol–water partition coefficient (Wildman–Crippen LogP) is 2.57. The zero-order valence-corrected chi connectivity index (χ0v) is 12.8. The van der Waals surface area contributed by atoms with Crippen molar-refractivity contribution < 1.29 is 27.5 Å². The van der Waals surface area contributed by atoms with E-state index in [1.54, 1.807) is 11.2 Å². The van der Waals surface area contributed by atoms with E-state index in [2.05, 4.69) is 15.1 Å². The second-order valence-electron chi connectivity index (χ2n) is 4.36. The number of nitrogens with zero attached hydrogens (tertiary/aromatic N) is 2. The molecule has 0 atom stereocenters. The van der Waals surface area contributed by atoms with Gasteiger partial charge in [0.25, 0.3) is 0 Å². The fraction of sp³-hybridized carbons (Fsp3) is 0.154. The number of ether oxygens (including phenoxy) is 1. The van der Waals surface area contributed by atoms with Crippen molar-refractivity contribution in [3.63, 3.8) is 0 Å². The van der Waals surface area contributed by atoms with Gasteiger partial charge in [0, 0.05) is 11.1 Å². The van der Waals surface area contributed by atoms with Crippen LogP contribution in [0.15, 0.2) is 29.4 Å². The van der Waals surface area contributed by atoms with Crippen LogP contribution in [0.5, 0.6) is 5.75 Å². The number of carbonyl (C=O) groups excluding carboxylic acids is 1. The number of nitrogens with two attached hydrogens (primary N) is 1. The number of rotatable bonds is 4. The third-order valence-electron chi connectivity index (χ3n) is 2.76. The van der Waals surface area contributed by atoms with Gasteiger partial charge in [-0.15, -0.1) is 0 Å². The zero-order valence-electron chi connectivity index (χ0n) is 12.0. The van der Waals surface area contributed by atoms with Gasteiger partial charge < -0.3 is 15.3 Å². The molecule has 128 valence electrons. The van der Waals surface area contributed by atoms with Crippen LogP contribution in [0, 0.1) is 0 Å². The molecule has 3 N–H and O–H groups in total. The number of hydrogen-bond donors (Lipinski definition) is 2. The topological polar surface area (TPSA) is 103 Å². The normalized spacial score (nSPS) is 12.1. The maximum atomic E-state index is 12.4. The van der Waals surface area contributed by atoms with E-state index in [1.807, 2.05) is 0 Å². The molecule has 0 saturated carbocycles. The Morgan fingerprint density at radius 3 is 2.67 bits per heavy atom. The van der Waals surface area contributed by atoms with Crippen LogP contribution in [-0.2, 0) is 11.0 Å². The molecule has 0 aliphatic carbocycles. The van der Waals surface area contributed by atoms with Gasteiger partial charge in [0.2, 0.25) is 0 Å². The summed E-state index contributed by atoms with van der Waals surface area (Å²) in [6.45, 7) is 0. The van der Waals surface area contributed by atoms with E-state index >= 15 is 0 Å². The SMILES string of the molecule is COc1ccc(Cl)cc1/C(N)=N/OC(=O)c1cc(C(F)(F)F)[nH]n1. The molecule has 0 saturated heterocycles. The Morgan fingerprint density at radius 2 is 2.08 bits per heavy atom. The number of hydrogen-bond acceptors (Lipinski definition) is 5. The lowest BCUT2D eigenvalue weighted by atomic mass is 10.2. The van der Waals surface area contributed by atoms with Crippen molar-refractivity contribution in [1.29, 1.82) is 0 Å². The minimum Gasteiger partial charge on any atom is -0.496 e. The lowest BCUT2D eigenvalue weighted by molar-refractivity contribution is -0.141. The molecule has 11 heteroatoms. The highest BCUT2D eigenvalue weighted by atomic mass is 35.5. The Morgan fingerprint density at radius 1 is 1.38 bits per heavy atom. The molecule has 0 amide bonds. The van der Waals surface area contributed by atoms with Crippen LogP contribution in [0.4, 0.5) is 13.2 Å². The van der Waals surface area contributed by atoms with E-state index < -0.39 is 23.5 Å². The molecule has 24 heavy (non-hydrogen) atoms. The molecule has 1 aromatic heterocycles. The van der Waals surface area contributed by atoms with Gasteiger partial charge in [-0.25, -0.2) is 4.79 Å². The van der Waals surface area contributed by atoms with Gasteiger partial charge in [-0.2, -0.15) is 18.3 Å². The molecular formula is C13H10ClF3N4O3. The summed E-state index contributed by atoms with van der Waals surface area (Å²) >= 11 is 5.83. The number of alkyl halides is 3. The first-order valence-corrected chi connectivity index (χ1v) is 6.61. The monoisotopic (exact) mass is 362 g/mol. The Balaban J connectivity index is 2.16. The van der Waals surface area contributed by atoms with Crippen LogP contribution in [-0.4, -0.2) is 29.1 Å². The number of aromatic amines is 1. The fourth-order valence-corrected chi connectivity index (χ4v) is 1.81. The fourth-order valence-electron chi connectivity index (χ4n) is 1.64. The molecule has 7 nitrogen and oxygen atoms in total. The van der Waals surface area contributed by atoms with E-state index in [-0.39, 0.29) is 11.4 Å². The Labute approximate surface area is 138 Å². The molecule has 0 aliphatic heterocycles. The lowest BCUT2D eigenvalue weighted by Gasteiger charge is -2.07. The number of nitrogens with one attached hydrogen (secondary N) is 1. The third kappa shape index (κ3) is 3.96. The second kappa shape index (κ2) is 6.79. The number of methoxy groups -OCH3 is 1. The summed E-state index contributed by atoms with van der Waals surface area (Å²) in [5.74, 6) is -1.16. The molecule has 2 rings (SSSR count). The van der Waals surface area contributed by atoms with Crippen LogP contribution in [0.2, 0.25) is 5.02 Å². The van der Waals surface area contributed by atoms with Gasteiger partial charge in [-0.3, -0.25) is 5.10 Å². The summed E-state index contributed by atoms with van der Waals surface area (Å²) < 4.78 is 42.3. The highest BCUT2D eigenvalue weighted by Crippen LogP contribution is 2.27. The summed E-state index contributed by atoms with van der Waals surface area (Å²) in [4.78, 5) is 16.1. The van der Waals surface area contributed by atoms with E-state index in [1.165, 1.54) is 19.2 Å². The number of benzene rings is 1. The van der Waals surface area contributed by atoms with Crippen molar-refractivity contribution in [1.82, 2.24) is 10.2 Å². The predicted molar refractivity (Wildman–Crippen MR) is 77.7 cm³/mol. The van der Waals surface area contributed by atoms with Gasteiger partial charge in [0.05, 0.1) is 12.7 Å². The number of halogens is 4. The average Bonchev–Trinajstić information content (AvgIpc) is 3.02. The van der Waals surface area contributed by atoms with Crippen molar-refractivity contribution in [3.05, 3.63) is 46.2 Å². The van der Waals surface area contributed by atoms with Crippen molar-refractivity contribution in [3.8, 4) is 5.75 Å². The highest BCUT2D eigenvalue weighted by Gasteiger charge is 2.34. The molecular weight excluding hydrogens is 353 g/mol. The second-order valence-corrected chi connectivity index (χ2v) is 4.80. The number of carbonyl (C=O) groups is 1. The smallest absolute Gasteiger partial charge is 0.432 e. The van der Waals surface area contributed by atoms with E-state index in [0.29, 0.717) is 16.8 Å². The van der Waals surface area contributed by atoms with Crippen LogP contribution < -0.4 is 10.5 Å². The van der Waals surface area contributed by atoms with Gasteiger partial charge in [-0.05, 0) is 18.2 Å². The summed E-state index contributed by atoms with van der Waals surface area (Å²) in [6, 6.07) is 4.98.